The lowest BCUT2D eigenvalue weighted by Gasteiger charge is -2.00. The summed E-state index contributed by atoms with van der Waals surface area (Å²) in [5.41, 5.74) is 0. The maximum atomic E-state index is 8.68. The van der Waals surface area contributed by atoms with Gasteiger partial charge in [0.05, 0.1) is 0 Å². The molecule has 0 rings (SSSR count). The SMILES string of the molecule is CCCCCCCCCCCC=CCCCCCCCO. The van der Waals surface area contributed by atoms with Crippen LogP contribution >= 0.6 is 0 Å². The predicted molar refractivity (Wildman–Crippen MR) is 95.8 cm³/mol. The van der Waals surface area contributed by atoms with Crippen LogP contribution in [0.1, 0.15) is 110 Å². The van der Waals surface area contributed by atoms with Gasteiger partial charge in [0, 0.05) is 6.61 Å². The van der Waals surface area contributed by atoms with E-state index in [2.05, 4.69) is 19.1 Å². The summed E-state index contributed by atoms with van der Waals surface area (Å²) in [5, 5.41) is 8.68. The minimum atomic E-state index is 0.360. The van der Waals surface area contributed by atoms with E-state index in [1.165, 1.54) is 96.3 Å². The van der Waals surface area contributed by atoms with Gasteiger partial charge in [0.15, 0.2) is 0 Å². The first-order valence-electron chi connectivity index (χ1n) is 9.67. The second-order valence-electron chi connectivity index (χ2n) is 6.37. The minimum absolute atomic E-state index is 0.360. The number of hydrogen-bond donors (Lipinski definition) is 1. The minimum Gasteiger partial charge on any atom is -0.396 e. The third kappa shape index (κ3) is 19.7. The first-order valence-corrected chi connectivity index (χ1v) is 9.67. The zero-order valence-corrected chi connectivity index (χ0v) is 14.6. The average Bonchev–Trinajstić information content (AvgIpc) is 2.50. The molecule has 0 atom stereocenters. The van der Waals surface area contributed by atoms with Crippen LogP contribution in [0.3, 0.4) is 0 Å². The van der Waals surface area contributed by atoms with Crippen LogP contribution in [0.25, 0.3) is 0 Å². The number of allylic oxidation sites excluding steroid dienone is 2. The second kappa shape index (κ2) is 19.7. The largest absolute Gasteiger partial charge is 0.396 e. The van der Waals surface area contributed by atoms with Crippen molar-refractivity contribution in [2.45, 2.75) is 110 Å². The molecule has 0 aromatic rings. The van der Waals surface area contributed by atoms with E-state index in [1.807, 2.05) is 0 Å². The van der Waals surface area contributed by atoms with Crippen LogP contribution in [0.5, 0.6) is 0 Å². The van der Waals surface area contributed by atoms with Gasteiger partial charge in [0.2, 0.25) is 0 Å². The van der Waals surface area contributed by atoms with E-state index in [0.717, 1.165) is 6.42 Å². The summed E-state index contributed by atoms with van der Waals surface area (Å²) in [6, 6.07) is 0. The molecule has 0 fully saturated rings. The first-order chi connectivity index (χ1) is 10.4. The number of aliphatic hydroxyl groups is 1. The lowest BCUT2D eigenvalue weighted by Crippen LogP contribution is -1.83. The highest BCUT2D eigenvalue weighted by Crippen LogP contribution is 2.11. The maximum absolute atomic E-state index is 8.68. The Hall–Kier alpha value is -0.300. The Kier molecular flexibility index (Phi) is 19.4. The fraction of sp³-hybridized carbons (Fsp3) is 0.900. The molecule has 0 saturated carbocycles. The summed E-state index contributed by atoms with van der Waals surface area (Å²) in [6.07, 6.45) is 26.2. The van der Waals surface area contributed by atoms with Crippen LogP contribution in [0.2, 0.25) is 0 Å². The van der Waals surface area contributed by atoms with Gasteiger partial charge in [0.25, 0.3) is 0 Å². The quantitative estimate of drug-likeness (QED) is 0.231. The molecule has 0 heterocycles. The normalized spacial score (nSPS) is 11.5. The van der Waals surface area contributed by atoms with Gasteiger partial charge in [-0.05, 0) is 32.1 Å². The molecule has 0 aromatic carbocycles. The molecule has 0 spiro atoms. The van der Waals surface area contributed by atoms with Gasteiger partial charge >= 0.3 is 0 Å². The lowest BCUT2D eigenvalue weighted by molar-refractivity contribution is 0.282. The van der Waals surface area contributed by atoms with Crippen LogP contribution in [0.15, 0.2) is 12.2 Å². The van der Waals surface area contributed by atoms with E-state index in [9.17, 15) is 0 Å². The molecule has 1 heteroatoms. The van der Waals surface area contributed by atoms with Gasteiger partial charge in [-0.3, -0.25) is 0 Å². The maximum Gasteiger partial charge on any atom is 0.0431 e. The van der Waals surface area contributed by atoms with Gasteiger partial charge < -0.3 is 5.11 Å². The van der Waals surface area contributed by atoms with Gasteiger partial charge in [-0.15, -0.1) is 0 Å². The van der Waals surface area contributed by atoms with Crippen molar-refractivity contribution in [3.8, 4) is 0 Å². The van der Waals surface area contributed by atoms with Crippen molar-refractivity contribution in [1.82, 2.24) is 0 Å². The smallest absolute Gasteiger partial charge is 0.0431 e. The molecule has 1 nitrogen and oxygen atoms in total. The van der Waals surface area contributed by atoms with Gasteiger partial charge in [0.1, 0.15) is 0 Å². The summed E-state index contributed by atoms with van der Waals surface area (Å²) < 4.78 is 0. The Morgan fingerprint density at radius 3 is 1.33 bits per heavy atom. The molecule has 0 radical (unpaired) electrons. The van der Waals surface area contributed by atoms with Crippen LogP contribution < -0.4 is 0 Å². The van der Waals surface area contributed by atoms with E-state index < -0.39 is 0 Å². The van der Waals surface area contributed by atoms with Crippen LogP contribution in [-0.4, -0.2) is 11.7 Å². The van der Waals surface area contributed by atoms with E-state index in [4.69, 9.17) is 5.11 Å². The number of rotatable bonds is 17. The molecule has 1 N–H and O–H groups in total. The van der Waals surface area contributed by atoms with E-state index >= 15 is 0 Å². The standard InChI is InChI=1S/C20H40O/c1-2-3-4-5-6-7-8-9-10-11-12-13-14-15-16-17-18-19-20-21/h12-13,21H,2-11,14-20H2,1H3. The molecular formula is C20H40O. The number of hydrogen-bond acceptors (Lipinski definition) is 1. The van der Waals surface area contributed by atoms with Crippen LogP contribution in [0, 0.1) is 0 Å². The Labute approximate surface area is 134 Å². The Balaban J connectivity index is 3.02. The summed E-state index contributed by atoms with van der Waals surface area (Å²) in [5.74, 6) is 0. The molecule has 21 heavy (non-hydrogen) atoms. The Bertz CT molecular complexity index is 198. The van der Waals surface area contributed by atoms with E-state index in [-0.39, 0.29) is 0 Å². The van der Waals surface area contributed by atoms with Gasteiger partial charge in [-0.1, -0.05) is 89.7 Å². The molecule has 0 aliphatic carbocycles. The van der Waals surface area contributed by atoms with Crippen molar-refractivity contribution in [3.05, 3.63) is 12.2 Å². The van der Waals surface area contributed by atoms with E-state index in [1.54, 1.807) is 0 Å². The van der Waals surface area contributed by atoms with Crippen molar-refractivity contribution < 1.29 is 5.11 Å². The highest BCUT2D eigenvalue weighted by atomic mass is 16.2. The van der Waals surface area contributed by atoms with Crippen molar-refractivity contribution in [3.63, 3.8) is 0 Å². The molecule has 0 amide bonds. The molecule has 0 saturated heterocycles. The first kappa shape index (κ1) is 20.7. The highest BCUT2D eigenvalue weighted by Gasteiger charge is 1.91. The summed E-state index contributed by atoms with van der Waals surface area (Å²) >= 11 is 0. The molecular weight excluding hydrogens is 256 g/mol. The lowest BCUT2D eigenvalue weighted by atomic mass is 10.1. The number of unbranched alkanes of at least 4 members (excludes halogenated alkanes) is 14. The molecule has 0 unspecified atom stereocenters. The summed E-state index contributed by atoms with van der Waals surface area (Å²) in [4.78, 5) is 0. The zero-order chi connectivity index (χ0) is 15.4. The highest BCUT2D eigenvalue weighted by molar-refractivity contribution is 4.81. The molecule has 0 aliphatic rings. The van der Waals surface area contributed by atoms with Crippen molar-refractivity contribution >= 4 is 0 Å². The molecule has 0 aliphatic heterocycles. The monoisotopic (exact) mass is 296 g/mol. The molecule has 0 aromatic heterocycles. The topological polar surface area (TPSA) is 20.2 Å². The third-order valence-corrected chi connectivity index (χ3v) is 4.17. The van der Waals surface area contributed by atoms with Crippen molar-refractivity contribution in [2.75, 3.05) is 6.61 Å². The predicted octanol–water partition coefficient (Wildman–Crippen LogP) is 6.80. The Morgan fingerprint density at radius 2 is 0.905 bits per heavy atom. The summed E-state index contributed by atoms with van der Waals surface area (Å²) in [7, 11) is 0. The van der Waals surface area contributed by atoms with Crippen LogP contribution in [-0.2, 0) is 0 Å². The van der Waals surface area contributed by atoms with E-state index in [0.29, 0.717) is 6.61 Å². The average molecular weight is 297 g/mol. The van der Waals surface area contributed by atoms with Gasteiger partial charge in [-0.25, -0.2) is 0 Å². The van der Waals surface area contributed by atoms with Gasteiger partial charge in [-0.2, -0.15) is 0 Å². The summed E-state index contributed by atoms with van der Waals surface area (Å²) in [6.45, 7) is 2.64. The third-order valence-electron chi connectivity index (χ3n) is 4.17. The fourth-order valence-electron chi connectivity index (χ4n) is 2.71. The molecule has 0 bridgehead atoms. The Morgan fingerprint density at radius 1 is 0.524 bits per heavy atom. The molecule has 126 valence electrons. The second-order valence-corrected chi connectivity index (χ2v) is 6.37. The number of aliphatic hydroxyl groups excluding tert-OH is 1. The van der Waals surface area contributed by atoms with Crippen LogP contribution in [0.4, 0.5) is 0 Å². The fourth-order valence-corrected chi connectivity index (χ4v) is 2.71. The zero-order valence-electron chi connectivity index (χ0n) is 14.6. The van der Waals surface area contributed by atoms with Crippen molar-refractivity contribution in [2.24, 2.45) is 0 Å². The van der Waals surface area contributed by atoms with Crippen molar-refractivity contribution in [1.29, 1.82) is 0 Å².